The van der Waals surface area contributed by atoms with Gasteiger partial charge in [0, 0.05) is 19.6 Å². The van der Waals surface area contributed by atoms with Gasteiger partial charge in [0.1, 0.15) is 0 Å². The lowest BCUT2D eigenvalue weighted by atomic mass is 10.1. The highest BCUT2D eigenvalue weighted by Gasteiger charge is 2.04. The van der Waals surface area contributed by atoms with E-state index in [1.807, 2.05) is 0 Å². The molecule has 0 radical (unpaired) electrons. The molecule has 0 fully saturated rings. The number of aryl methyl sites for hydroxylation is 2. The van der Waals surface area contributed by atoms with E-state index in [1.54, 1.807) is 0 Å². The second-order valence-electron chi connectivity index (χ2n) is 5.62. The van der Waals surface area contributed by atoms with Crippen LogP contribution < -0.4 is 5.73 Å². The van der Waals surface area contributed by atoms with Gasteiger partial charge in [-0.2, -0.15) is 0 Å². The van der Waals surface area contributed by atoms with Crippen LogP contribution in [0.25, 0.3) is 0 Å². The van der Waals surface area contributed by atoms with Crippen molar-refractivity contribution < 1.29 is 0 Å². The van der Waals surface area contributed by atoms with Gasteiger partial charge >= 0.3 is 0 Å². The molecule has 0 aromatic heterocycles. The average molecular weight is 268 g/mol. The molecule has 2 N–H and O–H groups in total. The van der Waals surface area contributed by atoms with Crippen molar-refractivity contribution >= 4 is 0 Å². The zero-order chi connectivity index (χ0) is 14.5. The van der Waals surface area contributed by atoms with E-state index in [-0.39, 0.29) is 0 Å². The Morgan fingerprint density at radius 2 is 1.55 bits per heavy atom. The molecule has 0 saturated heterocycles. The molecule has 20 heavy (non-hydrogen) atoms. The van der Waals surface area contributed by atoms with Crippen LogP contribution in [0.1, 0.15) is 27.8 Å². The van der Waals surface area contributed by atoms with Gasteiger partial charge in [-0.3, -0.25) is 4.90 Å². The third-order valence-corrected chi connectivity index (χ3v) is 3.65. The van der Waals surface area contributed by atoms with Crippen molar-refractivity contribution in [2.24, 2.45) is 5.73 Å². The first-order chi connectivity index (χ1) is 9.58. The summed E-state index contributed by atoms with van der Waals surface area (Å²) in [6, 6.07) is 15.2. The molecular formula is C18H24N2. The summed E-state index contributed by atoms with van der Waals surface area (Å²) in [6.07, 6.45) is 0. The largest absolute Gasteiger partial charge is 0.326 e. The van der Waals surface area contributed by atoms with Crippen LogP contribution in [0.15, 0.2) is 42.5 Å². The molecule has 0 aliphatic rings. The standard InChI is InChI=1S/C18H24N2/c1-14-4-9-18(15(2)10-14)13-20(3)12-17-7-5-16(11-19)6-8-17/h4-10H,11-13,19H2,1-3H3. The van der Waals surface area contributed by atoms with E-state index >= 15 is 0 Å². The number of benzene rings is 2. The lowest BCUT2D eigenvalue weighted by Crippen LogP contribution is -2.17. The molecule has 2 heteroatoms. The second kappa shape index (κ2) is 6.69. The molecule has 0 spiro atoms. The quantitative estimate of drug-likeness (QED) is 0.900. The fourth-order valence-corrected chi connectivity index (χ4v) is 2.46. The Morgan fingerprint density at radius 1 is 0.900 bits per heavy atom. The van der Waals surface area contributed by atoms with Crippen molar-refractivity contribution in [1.29, 1.82) is 0 Å². The van der Waals surface area contributed by atoms with Gasteiger partial charge in [-0.05, 0) is 43.1 Å². The highest BCUT2D eigenvalue weighted by Crippen LogP contribution is 2.14. The Labute approximate surface area is 122 Å². The molecule has 0 aliphatic carbocycles. The lowest BCUT2D eigenvalue weighted by Gasteiger charge is -2.18. The minimum atomic E-state index is 0.610. The van der Waals surface area contributed by atoms with Crippen molar-refractivity contribution in [3.63, 3.8) is 0 Å². The van der Waals surface area contributed by atoms with Gasteiger partial charge in [0.15, 0.2) is 0 Å². The average Bonchev–Trinajstić information content (AvgIpc) is 2.43. The van der Waals surface area contributed by atoms with E-state index in [0.29, 0.717) is 6.54 Å². The minimum absolute atomic E-state index is 0.610. The highest BCUT2D eigenvalue weighted by atomic mass is 15.1. The summed E-state index contributed by atoms with van der Waals surface area (Å²) in [5, 5.41) is 0. The second-order valence-corrected chi connectivity index (χ2v) is 5.62. The molecule has 0 atom stereocenters. The Balaban J connectivity index is 1.99. The molecule has 0 unspecified atom stereocenters. The molecule has 2 rings (SSSR count). The summed E-state index contributed by atoms with van der Waals surface area (Å²) in [5.41, 5.74) is 12.2. The van der Waals surface area contributed by atoms with E-state index in [4.69, 9.17) is 5.73 Å². The van der Waals surface area contributed by atoms with Gasteiger partial charge < -0.3 is 5.73 Å². The zero-order valence-corrected chi connectivity index (χ0v) is 12.7. The monoisotopic (exact) mass is 268 g/mol. The van der Waals surface area contributed by atoms with Crippen molar-refractivity contribution in [1.82, 2.24) is 4.90 Å². The SMILES string of the molecule is Cc1ccc(CN(C)Cc2ccc(CN)cc2)c(C)c1. The predicted octanol–water partition coefficient (Wildman–Crippen LogP) is 3.39. The van der Waals surface area contributed by atoms with Crippen molar-refractivity contribution in [3.8, 4) is 0 Å². The number of nitrogens with two attached hydrogens (primary N) is 1. The Bertz CT molecular complexity index is 558. The molecule has 2 aromatic carbocycles. The molecular weight excluding hydrogens is 244 g/mol. The van der Waals surface area contributed by atoms with Crippen LogP contribution in [0.3, 0.4) is 0 Å². The summed E-state index contributed by atoms with van der Waals surface area (Å²) in [7, 11) is 2.16. The molecule has 0 amide bonds. The first-order valence-electron chi connectivity index (χ1n) is 7.11. The van der Waals surface area contributed by atoms with Crippen LogP contribution in [0.2, 0.25) is 0 Å². The van der Waals surface area contributed by atoms with Crippen LogP contribution in [0.5, 0.6) is 0 Å². The summed E-state index contributed by atoms with van der Waals surface area (Å²) >= 11 is 0. The predicted molar refractivity (Wildman–Crippen MR) is 85.4 cm³/mol. The first-order valence-corrected chi connectivity index (χ1v) is 7.11. The maximum Gasteiger partial charge on any atom is 0.0236 e. The molecule has 0 saturated carbocycles. The van der Waals surface area contributed by atoms with E-state index in [1.165, 1.54) is 27.8 Å². The van der Waals surface area contributed by atoms with E-state index in [0.717, 1.165) is 13.1 Å². The van der Waals surface area contributed by atoms with Gasteiger partial charge in [0.05, 0.1) is 0 Å². The third-order valence-electron chi connectivity index (χ3n) is 3.65. The first kappa shape index (κ1) is 14.8. The molecule has 0 bridgehead atoms. The maximum atomic E-state index is 5.62. The van der Waals surface area contributed by atoms with Gasteiger partial charge in [-0.25, -0.2) is 0 Å². The van der Waals surface area contributed by atoms with Crippen molar-refractivity contribution in [2.45, 2.75) is 33.5 Å². The fourth-order valence-electron chi connectivity index (χ4n) is 2.46. The number of nitrogens with zero attached hydrogens (tertiary/aromatic N) is 1. The van der Waals surface area contributed by atoms with Gasteiger partial charge in [0.2, 0.25) is 0 Å². The third kappa shape index (κ3) is 3.92. The molecule has 2 aromatic rings. The Morgan fingerprint density at radius 3 is 2.15 bits per heavy atom. The minimum Gasteiger partial charge on any atom is -0.326 e. The normalized spacial score (nSPS) is 11.1. The summed E-state index contributed by atoms with van der Waals surface area (Å²) in [4.78, 5) is 2.34. The van der Waals surface area contributed by atoms with Gasteiger partial charge in [-0.1, -0.05) is 48.0 Å². The number of rotatable bonds is 5. The summed E-state index contributed by atoms with van der Waals surface area (Å²) in [5.74, 6) is 0. The van der Waals surface area contributed by atoms with Gasteiger partial charge in [0.25, 0.3) is 0 Å². The lowest BCUT2D eigenvalue weighted by molar-refractivity contribution is 0.318. The van der Waals surface area contributed by atoms with E-state index < -0.39 is 0 Å². The van der Waals surface area contributed by atoms with E-state index in [9.17, 15) is 0 Å². The molecule has 0 aliphatic heterocycles. The van der Waals surface area contributed by atoms with Crippen molar-refractivity contribution in [2.75, 3.05) is 7.05 Å². The summed E-state index contributed by atoms with van der Waals surface area (Å²) in [6.45, 7) is 6.87. The molecule has 106 valence electrons. The highest BCUT2D eigenvalue weighted by molar-refractivity contribution is 5.30. The van der Waals surface area contributed by atoms with Crippen LogP contribution in [0.4, 0.5) is 0 Å². The maximum absolute atomic E-state index is 5.62. The molecule has 2 nitrogen and oxygen atoms in total. The van der Waals surface area contributed by atoms with Crippen LogP contribution >= 0.6 is 0 Å². The summed E-state index contributed by atoms with van der Waals surface area (Å²) < 4.78 is 0. The molecule has 0 heterocycles. The fraction of sp³-hybridized carbons (Fsp3) is 0.333. The smallest absolute Gasteiger partial charge is 0.0236 e. The topological polar surface area (TPSA) is 29.3 Å². The van der Waals surface area contributed by atoms with Crippen LogP contribution in [0, 0.1) is 13.8 Å². The number of hydrogen-bond donors (Lipinski definition) is 1. The van der Waals surface area contributed by atoms with Crippen LogP contribution in [-0.4, -0.2) is 11.9 Å². The van der Waals surface area contributed by atoms with Crippen molar-refractivity contribution in [3.05, 3.63) is 70.3 Å². The van der Waals surface area contributed by atoms with Crippen LogP contribution in [-0.2, 0) is 19.6 Å². The number of hydrogen-bond acceptors (Lipinski definition) is 2. The Kier molecular flexibility index (Phi) is 4.94. The Hall–Kier alpha value is -1.64. The van der Waals surface area contributed by atoms with E-state index in [2.05, 4.69) is 68.3 Å². The zero-order valence-electron chi connectivity index (χ0n) is 12.7. The van der Waals surface area contributed by atoms with Gasteiger partial charge in [-0.15, -0.1) is 0 Å².